The lowest BCUT2D eigenvalue weighted by atomic mass is 10.3. The number of nitrogens with zero attached hydrogens (tertiary/aromatic N) is 5. The van der Waals surface area contributed by atoms with Crippen LogP contribution >= 0.6 is 0 Å². The zero-order chi connectivity index (χ0) is 19.8. The van der Waals surface area contributed by atoms with Crippen molar-refractivity contribution in [1.29, 1.82) is 0 Å². The van der Waals surface area contributed by atoms with Crippen LogP contribution in [0.1, 0.15) is 18.5 Å². The second-order valence-corrected chi connectivity index (χ2v) is 6.97. The first-order valence-electron chi connectivity index (χ1n) is 9.25. The maximum Gasteiger partial charge on any atom is 0.326 e. The van der Waals surface area contributed by atoms with Crippen LogP contribution in [0.25, 0.3) is 11.7 Å². The molecule has 1 aliphatic carbocycles. The number of pyridine rings is 1. The summed E-state index contributed by atoms with van der Waals surface area (Å²) in [6.07, 6.45) is 9.05. The summed E-state index contributed by atoms with van der Waals surface area (Å²) in [6, 6.07) is 5.54. The highest BCUT2D eigenvalue weighted by Crippen LogP contribution is 2.28. The molecule has 1 saturated carbocycles. The van der Waals surface area contributed by atoms with Crippen LogP contribution in [0.5, 0.6) is 5.88 Å². The molecule has 10 heteroatoms. The fraction of sp³-hybridized carbons (Fsp3) is 0.211. The monoisotopic (exact) mass is 390 g/mol. The van der Waals surface area contributed by atoms with Crippen LogP contribution in [0.3, 0.4) is 0 Å². The number of anilines is 2. The Balaban J connectivity index is 1.66. The Kier molecular flexibility index (Phi) is 4.08. The summed E-state index contributed by atoms with van der Waals surface area (Å²) in [5.74, 6) is 1.01. The van der Waals surface area contributed by atoms with Gasteiger partial charge in [0.05, 0.1) is 6.20 Å². The van der Waals surface area contributed by atoms with Gasteiger partial charge < -0.3 is 15.4 Å². The molecule has 1 aliphatic rings. The second kappa shape index (κ2) is 6.89. The van der Waals surface area contributed by atoms with E-state index in [1.165, 1.54) is 12.8 Å². The molecule has 4 N–H and O–H groups in total. The first kappa shape index (κ1) is 17.2. The third-order valence-electron chi connectivity index (χ3n) is 4.68. The lowest BCUT2D eigenvalue weighted by Crippen LogP contribution is -2.20. The predicted octanol–water partition coefficient (Wildman–Crippen LogP) is 0.448. The van der Waals surface area contributed by atoms with Gasteiger partial charge in [-0.25, -0.2) is 9.78 Å². The van der Waals surface area contributed by atoms with Gasteiger partial charge in [0.15, 0.2) is 11.1 Å². The molecule has 0 unspecified atom stereocenters. The summed E-state index contributed by atoms with van der Waals surface area (Å²) < 4.78 is 1.66. The number of hydrogen-bond acceptors (Lipinski definition) is 7. The molecule has 1 fully saturated rings. The topological polar surface area (TPSA) is 136 Å². The Labute approximate surface area is 163 Å². The van der Waals surface area contributed by atoms with E-state index in [2.05, 4.69) is 30.4 Å². The molecular formula is C19H18N8O2. The quantitative estimate of drug-likeness (QED) is 0.391. The summed E-state index contributed by atoms with van der Waals surface area (Å²) >= 11 is 0. The van der Waals surface area contributed by atoms with Crippen LogP contribution in [-0.2, 0) is 0 Å². The first-order chi connectivity index (χ1) is 14.2. The number of hydrogen-bond donors (Lipinski definition) is 4. The van der Waals surface area contributed by atoms with Gasteiger partial charge in [-0.1, -0.05) is 0 Å². The lowest BCUT2D eigenvalue weighted by Gasteiger charge is -2.06. The third kappa shape index (κ3) is 3.59. The van der Waals surface area contributed by atoms with E-state index in [1.807, 2.05) is 18.2 Å². The molecule has 0 aliphatic heterocycles. The molecule has 10 nitrogen and oxygen atoms in total. The molecule has 0 atom stereocenters. The van der Waals surface area contributed by atoms with E-state index in [0.717, 1.165) is 12.2 Å². The van der Waals surface area contributed by atoms with Gasteiger partial charge >= 0.3 is 5.69 Å². The van der Waals surface area contributed by atoms with Crippen LogP contribution in [0, 0.1) is 5.92 Å². The number of H-pyrrole nitrogens is 2. The number of rotatable bonds is 5. The minimum absolute atomic E-state index is 0.237. The van der Waals surface area contributed by atoms with Crippen LogP contribution in [0.15, 0.2) is 46.6 Å². The first-order valence-corrected chi connectivity index (χ1v) is 9.25. The molecule has 0 bridgehead atoms. The Bertz CT molecular complexity index is 1350. The van der Waals surface area contributed by atoms with Gasteiger partial charge in [-0.15, -0.1) is 0 Å². The molecule has 0 saturated heterocycles. The summed E-state index contributed by atoms with van der Waals surface area (Å²) in [5, 5.41) is 18.2. The van der Waals surface area contributed by atoms with Crippen LogP contribution < -0.4 is 21.7 Å². The summed E-state index contributed by atoms with van der Waals surface area (Å²) in [5.41, 5.74) is 1.86. The van der Waals surface area contributed by atoms with Crippen molar-refractivity contribution in [2.75, 3.05) is 11.9 Å². The zero-order valence-electron chi connectivity index (χ0n) is 15.3. The largest absolute Gasteiger partial charge is 0.493 e. The Morgan fingerprint density at radius 3 is 2.86 bits per heavy atom. The molecule has 146 valence electrons. The van der Waals surface area contributed by atoms with E-state index in [1.54, 1.807) is 29.2 Å². The van der Waals surface area contributed by atoms with Crippen molar-refractivity contribution in [2.45, 2.75) is 12.8 Å². The lowest BCUT2D eigenvalue weighted by molar-refractivity contribution is 0.454. The van der Waals surface area contributed by atoms with E-state index < -0.39 is 5.69 Å². The number of nitrogens with one attached hydrogen (secondary N) is 3. The SMILES string of the molecule is O=c1[nH]c(O)c(/C=c2/cnn3c(=NCC4CC4)cc(Nc4ccncc4)nc23)[nH]1. The van der Waals surface area contributed by atoms with Gasteiger partial charge in [-0.3, -0.25) is 15.0 Å². The van der Waals surface area contributed by atoms with E-state index in [-0.39, 0.29) is 11.6 Å². The third-order valence-corrected chi connectivity index (χ3v) is 4.68. The van der Waals surface area contributed by atoms with E-state index in [9.17, 15) is 9.90 Å². The molecule has 4 aromatic rings. The molecule has 0 radical (unpaired) electrons. The second-order valence-electron chi connectivity index (χ2n) is 6.97. The fourth-order valence-corrected chi connectivity index (χ4v) is 3.00. The summed E-state index contributed by atoms with van der Waals surface area (Å²) in [4.78, 5) is 29.6. The van der Waals surface area contributed by atoms with Crippen molar-refractivity contribution in [2.24, 2.45) is 10.9 Å². The Morgan fingerprint density at radius 1 is 1.31 bits per heavy atom. The maximum atomic E-state index is 11.4. The van der Waals surface area contributed by atoms with Crippen molar-refractivity contribution in [1.82, 2.24) is 29.5 Å². The van der Waals surface area contributed by atoms with Crippen LogP contribution in [-0.4, -0.2) is 41.2 Å². The van der Waals surface area contributed by atoms with Gasteiger partial charge in [0.25, 0.3) is 0 Å². The number of fused-ring (bicyclic) bond motifs is 1. The molecule has 0 spiro atoms. The van der Waals surface area contributed by atoms with Crippen LogP contribution in [0.2, 0.25) is 0 Å². The predicted molar refractivity (Wildman–Crippen MR) is 106 cm³/mol. The van der Waals surface area contributed by atoms with E-state index in [0.29, 0.717) is 28.1 Å². The standard InChI is InChI=1S/C19H18N8O2/c28-18-14(24-19(29)26-18)7-12-10-22-27-16(21-9-11-1-2-11)8-15(25-17(12)27)23-13-3-5-20-6-4-13/h3-8,10-11,28H,1-2,9H2,(H,20,23)(H2,24,26,29)/b12-7-,21-16?. The summed E-state index contributed by atoms with van der Waals surface area (Å²) in [7, 11) is 0. The minimum Gasteiger partial charge on any atom is -0.493 e. The van der Waals surface area contributed by atoms with Crippen molar-refractivity contribution >= 4 is 23.2 Å². The van der Waals surface area contributed by atoms with Crippen molar-refractivity contribution in [3.63, 3.8) is 0 Å². The van der Waals surface area contributed by atoms with Crippen molar-refractivity contribution < 1.29 is 5.11 Å². The Hall–Kier alpha value is -3.95. The van der Waals surface area contributed by atoms with Gasteiger partial charge in [0, 0.05) is 35.9 Å². The molecule has 0 amide bonds. The minimum atomic E-state index is -0.488. The zero-order valence-corrected chi connectivity index (χ0v) is 15.3. The normalized spacial score (nSPS) is 15.3. The molecule has 0 aromatic carbocycles. The number of aromatic amines is 2. The van der Waals surface area contributed by atoms with Gasteiger partial charge in [-0.2, -0.15) is 9.61 Å². The summed E-state index contributed by atoms with van der Waals surface area (Å²) in [6.45, 7) is 0.749. The molecule has 4 aromatic heterocycles. The van der Waals surface area contributed by atoms with Gasteiger partial charge in [0.1, 0.15) is 11.5 Å². The highest BCUT2D eigenvalue weighted by Gasteiger charge is 2.20. The maximum absolute atomic E-state index is 11.4. The number of aromatic nitrogens is 6. The number of imidazole rings is 1. The molecule has 4 heterocycles. The van der Waals surface area contributed by atoms with Crippen molar-refractivity contribution in [3.8, 4) is 5.88 Å². The van der Waals surface area contributed by atoms with Crippen LogP contribution in [0.4, 0.5) is 11.5 Å². The fourth-order valence-electron chi connectivity index (χ4n) is 3.00. The highest BCUT2D eigenvalue weighted by atomic mass is 16.3. The average molecular weight is 390 g/mol. The Morgan fingerprint density at radius 2 is 2.14 bits per heavy atom. The van der Waals surface area contributed by atoms with Gasteiger partial charge in [-0.05, 0) is 37.0 Å². The average Bonchev–Trinajstić information content (AvgIpc) is 3.38. The molecular weight excluding hydrogens is 372 g/mol. The van der Waals surface area contributed by atoms with E-state index in [4.69, 9.17) is 4.99 Å². The van der Waals surface area contributed by atoms with E-state index >= 15 is 0 Å². The number of aromatic hydroxyl groups is 1. The highest BCUT2D eigenvalue weighted by molar-refractivity contribution is 5.60. The van der Waals surface area contributed by atoms with Gasteiger partial charge in [0.2, 0.25) is 5.88 Å². The molecule has 29 heavy (non-hydrogen) atoms. The smallest absolute Gasteiger partial charge is 0.326 e. The molecule has 5 rings (SSSR count). The van der Waals surface area contributed by atoms with Crippen molar-refractivity contribution in [3.05, 3.63) is 63.7 Å².